The predicted molar refractivity (Wildman–Crippen MR) is 92.5 cm³/mol. The predicted octanol–water partition coefficient (Wildman–Crippen LogP) is 5.18. The van der Waals surface area contributed by atoms with Gasteiger partial charge in [-0.15, -0.1) is 13.2 Å². The second kappa shape index (κ2) is 6.85. The van der Waals surface area contributed by atoms with Crippen LogP contribution in [0.5, 0.6) is 5.75 Å². The van der Waals surface area contributed by atoms with Gasteiger partial charge in [0, 0.05) is 35.4 Å². The summed E-state index contributed by atoms with van der Waals surface area (Å²) in [6.07, 6.45) is -2.82. The Kier molecular flexibility index (Phi) is 4.78. The number of benzene rings is 2. The van der Waals surface area contributed by atoms with Crippen LogP contribution in [0, 0.1) is 0 Å². The Morgan fingerprint density at radius 1 is 1.16 bits per heavy atom. The Morgan fingerprint density at radius 3 is 2.64 bits per heavy atom. The van der Waals surface area contributed by atoms with Crippen LogP contribution in [0.4, 0.5) is 24.5 Å². The molecule has 3 N–H and O–H groups in total. The lowest BCUT2D eigenvalue weighted by atomic mass is 10.1. The molecule has 4 nitrogen and oxygen atoms in total. The number of aromatic amines is 1. The molecule has 1 aromatic heterocycles. The molecule has 1 heterocycles. The van der Waals surface area contributed by atoms with E-state index in [0.717, 1.165) is 34.8 Å². The molecule has 0 saturated heterocycles. The van der Waals surface area contributed by atoms with E-state index >= 15 is 0 Å². The van der Waals surface area contributed by atoms with Crippen molar-refractivity contribution in [3.63, 3.8) is 0 Å². The van der Waals surface area contributed by atoms with Gasteiger partial charge in [-0.2, -0.15) is 0 Å². The van der Waals surface area contributed by atoms with E-state index in [1.54, 1.807) is 0 Å². The minimum absolute atomic E-state index is 0.129. The number of nitrogens with one attached hydrogen (secondary N) is 3. The van der Waals surface area contributed by atoms with Crippen LogP contribution in [0.3, 0.4) is 0 Å². The Balaban J connectivity index is 1.81. The van der Waals surface area contributed by atoms with E-state index in [1.807, 2.05) is 31.4 Å². The topological polar surface area (TPSA) is 49.1 Å². The standard InChI is InChI=1S/C17H15ClF3N3O/c1-22-8-10-9-23-16-6-11(2-4-13(10)16)24-15-5-3-12(7-14(15)18)25-17(19,20)21/h2-7,9,22-24H,8H2,1H3. The van der Waals surface area contributed by atoms with Crippen LogP contribution < -0.4 is 15.4 Å². The van der Waals surface area contributed by atoms with Gasteiger partial charge in [0.25, 0.3) is 0 Å². The maximum Gasteiger partial charge on any atom is 0.573 e. The minimum Gasteiger partial charge on any atom is -0.406 e. The van der Waals surface area contributed by atoms with Gasteiger partial charge >= 0.3 is 6.36 Å². The highest BCUT2D eigenvalue weighted by Gasteiger charge is 2.31. The van der Waals surface area contributed by atoms with E-state index < -0.39 is 6.36 Å². The van der Waals surface area contributed by atoms with Gasteiger partial charge in [-0.1, -0.05) is 17.7 Å². The van der Waals surface area contributed by atoms with Crippen molar-refractivity contribution < 1.29 is 17.9 Å². The van der Waals surface area contributed by atoms with Gasteiger partial charge in [0.05, 0.1) is 10.7 Å². The summed E-state index contributed by atoms with van der Waals surface area (Å²) in [4.78, 5) is 3.19. The molecule has 0 amide bonds. The Hall–Kier alpha value is -2.38. The molecule has 2 aromatic carbocycles. The van der Waals surface area contributed by atoms with Crippen molar-refractivity contribution in [3.05, 3.63) is 53.2 Å². The number of H-pyrrole nitrogens is 1. The van der Waals surface area contributed by atoms with Crippen LogP contribution >= 0.6 is 11.6 Å². The number of fused-ring (bicyclic) bond motifs is 1. The number of rotatable bonds is 5. The molecule has 0 saturated carbocycles. The third-order valence-electron chi connectivity index (χ3n) is 3.59. The molecule has 0 aliphatic heterocycles. The second-order valence-electron chi connectivity index (χ2n) is 5.42. The summed E-state index contributed by atoms with van der Waals surface area (Å²) in [6.45, 7) is 0.749. The molecule has 8 heteroatoms. The van der Waals surface area contributed by atoms with Crippen LogP contribution in [-0.4, -0.2) is 18.4 Å². The summed E-state index contributed by atoms with van der Waals surface area (Å²) >= 11 is 6.05. The van der Waals surface area contributed by atoms with E-state index in [2.05, 4.69) is 20.4 Å². The number of hydrogen-bond donors (Lipinski definition) is 3. The summed E-state index contributed by atoms with van der Waals surface area (Å²) in [5.41, 5.74) is 3.34. The van der Waals surface area contributed by atoms with Crippen molar-refractivity contribution in [2.45, 2.75) is 12.9 Å². The van der Waals surface area contributed by atoms with Crippen LogP contribution in [0.1, 0.15) is 5.56 Å². The van der Waals surface area contributed by atoms with Crippen molar-refractivity contribution >= 4 is 33.9 Å². The normalized spacial score (nSPS) is 11.7. The molecule has 0 radical (unpaired) electrons. The molecule has 0 bridgehead atoms. The molecule has 132 valence electrons. The van der Waals surface area contributed by atoms with Crippen LogP contribution in [0.15, 0.2) is 42.6 Å². The van der Waals surface area contributed by atoms with Crippen LogP contribution in [0.2, 0.25) is 5.02 Å². The lowest BCUT2D eigenvalue weighted by molar-refractivity contribution is -0.274. The highest BCUT2D eigenvalue weighted by Crippen LogP contribution is 2.32. The monoisotopic (exact) mass is 369 g/mol. The van der Waals surface area contributed by atoms with Gasteiger partial charge < -0.3 is 20.4 Å². The van der Waals surface area contributed by atoms with Gasteiger partial charge in [-0.05, 0) is 36.9 Å². The third kappa shape index (κ3) is 4.18. The third-order valence-corrected chi connectivity index (χ3v) is 3.90. The molecule has 0 unspecified atom stereocenters. The SMILES string of the molecule is CNCc1c[nH]c2cc(Nc3ccc(OC(F)(F)F)cc3Cl)ccc12. The molecule has 3 aromatic rings. The van der Waals surface area contributed by atoms with Crippen molar-refractivity contribution in [2.75, 3.05) is 12.4 Å². The van der Waals surface area contributed by atoms with E-state index in [-0.39, 0.29) is 10.8 Å². The van der Waals surface area contributed by atoms with Crippen LogP contribution in [0.25, 0.3) is 10.9 Å². The maximum atomic E-state index is 12.2. The van der Waals surface area contributed by atoms with Crippen molar-refractivity contribution in [2.24, 2.45) is 0 Å². The first kappa shape index (κ1) is 17.4. The number of alkyl halides is 3. The number of aromatic nitrogens is 1. The molecule has 0 fully saturated rings. The lowest BCUT2D eigenvalue weighted by Gasteiger charge is -2.12. The number of ether oxygens (including phenoxy) is 1. The molecular formula is C17H15ClF3N3O. The highest BCUT2D eigenvalue weighted by atomic mass is 35.5. The first-order valence-corrected chi connectivity index (χ1v) is 7.80. The zero-order valence-corrected chi connectivity index (χ0v) is 13.9. The zero-order valence-electron chi connectivity index (χ0n) is 13.2. The molecule has 0 aliphatic carbocycles. The fourth-order valence-corrected chi connectivity index (χ4v) is 2.77. The van der Waals surface area contributed by atoms with E-state index in [9.17, 15) is 13.2 Å². The maximum absolute atomic E-state index is 12.2. The Morgan fingerprint density at radius 2 is 1.96 bits per heavy atom. The average molecular weight is 370 g/mol. The second-order valence-corrected chi connectivity index (χ2v) is 5.83. The van der Waals surface area contributed by atoms with E-state index in [1.165, 1.54) is 12.1 Å². The zero-order chi connectivity index (χ0) is 18.0. The first-order chi connectivity index (χ1) is 11.9. The smallest absolute Gasteiger partial charge is 0.406 e. The van der Waals surface area contributed by atoms with Gasteiger partial charge in [-0.25, -0.2) is 0 Å². The van der Waals surface area contributed by atoms with Gasteiger partial charge in [-0.3, -0.25) is 0 Å². The van der Waals surface area contributed by atoms with E-state index in [4.69, 9.17) is 11.6 Å². The van der Waals surface area contributed by atoms with Gasteiger partial charge in [0.1, 0.15) is 5.75 Å². The molecular weight excluding hydrogens is 355 g/mol. The largest absolute Gasteiger partial charge is 0.573 e. The fourth-order valence-electron chi connectivity index (χ4n) is 2.55. The van der Waals surface area contributed by atoms with Crippen LogP contribution in [-0.2, 0) is 6.54 Å². The van der Waals surface area contributed by atoms with Crippen molar-refractivity contribution in [1.82, 2.24) is 10.3 Å². The van der Waals surface area contributed by atoms with Crippen molar-refractivity contribution in [3.8, 4) is 5.75 Å². The molecule has 0 aliphatic rings. The Bertz CT molecular complexity index is 892. The number of halogens is 4. The fraction of sp³-hybridized carbons (Fsp3) is 0.176. The first-order valence-electron chi connectivity index (χ1n) is 7.42. The van der Waals surface area contributed by atoms with Gasteiger partial charge in [0.2, 0.25) is 0 Å². The van der Waals surface area contributed by atoms with Crippen molar-refractivity contribution in [1.29, 1.82) is 0 Å². The van der Waals surface area contributed by atoms with E-state index in [0.29, 0.717) is 5.69 Å². The molecule has 0 atom stereocenters. The molecule has 25 heavy (non-hydrogen) atoms. The summed E-state index contributed by atoms with van der Waals surface area (Å²) in [5.74, 6) is -0.362. The summed E-state index contributed by atoms with van der Waals surface area (Å²) in [5, 5.41) is 7.42. The average Bonchev–Trinajstić information content (AvgIpc) is 2.91. The molecule has 3 rings (SSSR count). The molecule has 0 spiro atoms. The Labute approximate surface area is 146 Å². The lowest BCUT2D eigenvalue weighted by Crippen LogP contribution is -2.17. The highest BCUT2D eigenvalue weighted by molar-refractivity contribution is 6.33. The van der Waals surface area contributed by atoms with Gasteiger partial charge in [0.15, 0.2) is 0 Å². The summed E-state index contributed by atoms with van der Waals surface area (Å²) in [7, 11) is 1.88. The summed E-state index contributed by atoms with van der Waals surface area (Å²) < 4.78 is 40.6. The number of hydrogen-bond acceptors (Lipinski definition) is 3. The quantitative estimate of drug-likeness (QED) is 0.580. The minimum atomic E-state index is -4.75. The summed E-state index contributed by atoms with van der Waals surface area (Å²) in [6, 6.07) is 9.52. The number of anilines is 2.